The number of hydrogen-bond donors (Lipinski definition) is 0. The summed E-state index contributed by atoms with van der Waals surface area (Å²) in [6.45, 7) is 1.85. The summed E-state index contributed by atoms with van der Waals surface area (Å²) in [6, 6.07) is 16.1. The second-order valence-corrected chi connectivity index (χ2v) is 5.99. The summed E-state index contributed by atoms with van der Waals surface area (Å²) >= 11 is 5.86. The molecule has 2 amide bonds. The van der Waals surface area contributed by atoms with E-state index in [1.165, 1.54) is 4.90 Å². The molecular weight excluding hydrogens is 326 g/mol. The molecular formula is C19H16ClNO3. The largest absolute Gasteiger partial charge is 0.446 e. The van der Waals surface area contributed by atoms with Crippen molar-refractivity contribution in [3.05, 3.63) is 76.3 Å². The average molecular weight is 342 g/mol. The quantitative estimate of drug-likeness (QED) is 0.774. The highest BCUT2D eigenvalue weighted by Gasteiger charge is 2.39. The van der Waals surface area contributed by atoms with Crippen LogP contribution in [-0.4, -0.2) is 23.5 Å². The number of cyclic esters (lactones) is 1. The van der Waals surface area contributed by atoms with E-state index in [0.717, 1.165) is 11.1 Å². The molecule has 2 aromatic carbocycles. The van der Waals surface area contributed by atoms with E-state index in [2.05, 4.69) is 0 Å². The second kappa shape index (κ2) is 6.89. The van der Waals surface area contributed by atoms with Crippen molar-refractivity contribution < 1.29 is 14.3 Å². The lowest BCUT2D eigenvalue weighted by atomic mass is 10.1. The molecule has 1 heterocycles. The van der Waals surface area contributed by atoms with Crippen molar-refractivity contribution in [1.82, 2.24) is 4.90 Å². The van der Waals surface area contributed by atoms with Crippen molar-refractivity contribution in [3.63, 3.8) is 0 Å². The maximum atomic E-state index is 12.7. The first-order valence-electron chi connectivity index (χ1n) is 7.55. The number of rotatable bonds is 3. The highest BCUT2D eigenvalue weighted by Crippen LogP contribution is 2.29. The number of ether oxygens (including phenoxy) is 1. The number of amides is 2. The van der Waals surface area contributed by atoms with Crippen LogP contribution in [0.3, 0.4) is 0 Å². The fourth-order valence-corrected chi connectivity index (χ4v) is 2.75. The van der Waals surface area contributed by atoms with Crippen LogP contribution >= 0.6 is 11.6 Å². The first-order valence-corrected chi connectivity index (χ1v) is 7.93. The van der Waals surface area contributed by atoms with Gasteiger partial charge in [-0.3, -0.25) is 4.79 Å². The van der Waals surface area contributed by atoms with E-state index >= 15 is 0 Å². The van der Waals surface area contributed by atoms with Gasteiger partial charge in [0.05, 0.1) is 0 Å². The number of nitrogens with zero attached hydrogens (tertiary/aromatic N) is 1. The number of hydrogen-bond acceptors (Lipinski definition) is 3. The Balaban J connectivity index is 1.86. The van der Waals surface area contributed by atoms with Crippen LogP contribution in [0.4, 0.5) is 4.79 Å². The average Bonchev–Trinajstić information content (AvgIpc) is 2.98. The summed E-state index contributed by atoms with van der Waals surface area (Å²) in [6.07, 6.45) is 1.12. The minimum Gasteiger partial charge on any atom is -0.446 e. The maximum absolute atomic E-state index is 12.7. The van der Waals surface area contributed by atoms with Crippen LogP contribution in [0, 0.1) is 0 Å². The number of benzene rings is 2. The smallest absolute Gasteiger partial charge is 0.417 e. The third-order valence-corrected chi connectivity index (χ3v) is 4.12. The van der Waals surface area contributed by atoms with Crippen molar-refractivity contribution in [2.24, 2.45) is 0 Å². The lowest BCUT2D eigenvalue weighted by Gasteiger charge is -2.20. The van der Waals surface area contributed by atoms with Gasteiger partial charge in [-0.05, 0) is 36.3 Å². The molecule has 1 atom stereocenters. The fraction of sp³-hybridized carbons (Fsp3) is 0.158. The molecule has 1 aliphatic heterocycles. The van der Waals surface area contributed by atoms with Gasteiger partial charge in [0.25, 0.3) is 5.91 Å². The van der Waals surface area contributed by atoms with Gasteiger partial charge in [0.2, 0.25) is 0 Å². The summed E-state index contributed by atoms with van der Waals surface area (Å²) < 4.78 is 5.09. The molecule has 0 unspecified atom stereocenters. The highest BCUT2D eigenvalue weighted by molar-refractivity contribution is 6.30. The predicted molar refractivity (Wildman–Crippen MR) is 92.5 cm³/mol. The van der Waals surface area contributed by atoms with Crippen LogP contribution in [-0.2, 0) is 9.53 Å². The normalized spacial score (nSPS) is 17.8. The van der Waals surface area contributed by atoms with Gasteiger partial charge in [-0.25, -0.2) is 9.69 Å². The number of carbonyl (C=O) groups is 2. The zero-order chi connectivity index (χ0) is 17.1. The molecule has 4 nitrogen and oxygen atoms in total. The molecule has 1 saturated heterocycles. The first kappa shape index (κ1) is 16.3. The molecule has 0 radical (unpaired) electrons. The molecule has 0 N–H and O–H groups in total. The third-order valence-electron chi connectivity index (χ3n) is 3.87. The van der Waals surface area contributed by atoms with Gasteiger partial charge in [0.15, 0.2) is 0 Å². The van der Waals surface area contributed by atoms with Crippen LogP contribution in [0.2, 0.25) is 5.02 Å². The molecule has 3 rings (SSSR count). The molecule has 5 heteroatoms. The first-order chi connectivity index (χ1) is 11.6. The van der Waals surface area contributed by atoms with Crippen molar-refractivity contribution in [1.29, 1.82) is 0 Å². The highest BCUT2D eigenvalue weighted by atomic mass is 35.5. The SMILES string of the molecule is C/C(=C\c1ccc(Cl)cc1)C(=O)N1C(=O)OC[C@@H]1c1ccccc1. The Labute approximate surface area is 145 Å². The van der Waals surface area contributed by atoms with Gasteiger partial charge < -0.3 is 4.74 Å². The Morgan fingerprint density at radius 1 is 1.17 bits per heavy atom. The standard InChI is InChI=1S/C19H16ClNO3/c1-13(11-14-7-9-16(20)10-8-14)18(22)21-17(12-24-19(21)23)15-5-3-2-4-6-15/h2-11,17H,12H2,1H3/b13-11+/t17-/m1/s1. The van der Waals surface area contributed by atoms with Gasteiger partial charge in [0.1, 0.15) is 12.6 Å². The van der Waals surface area contributed by atoms with E-state index in [1.54, 1.807) is 25.1 Å². The zero-order valence-electron chi connectivity index (χ0n) is 13.1. The summed E-state index contributed by atoms with van der Waals surface area (Å²) in [5.41, 5.74) is 2.17. The topological polar surface area (TPSA) is 46.6 Å². The Morgan fingerprint density at radius 2 is 1.83 bits per heavy atom. The third kappa shape index (κ3) is 3.34. The lowest BCUT2D eigenvalue weighted by Crippen LogP contribution is -2.34. The van der Waals surface area contributed by atoms with Gasteiger partial charge in [-0.2, -0.15) is 0 Å². The van der Waals surface area contributed by atoms with E-state index in [0.29, 0.717) is 10.6 Å². The molecule has 122 valence electrons. The summed E-state index contributed by atoms with van der Waals surface area (Å²) in [5, 5.41) is 0.628. The number of carbonyl (C=O) groups excluding carboxylic acids is 2. The number of halogens is 1. The monoisotopic (exact) mass is 341 g/mol. The fourth-order valence-electron chi connectivity index (χ4n) is 2.63. The van der Waals surface area contributed by atoms with Gasteiger partial charge in [-0.1, -0.05) is 54.1 Å². The van der Waals surface area contributed by atoms with Crippen LogP contribution in [0.15, 0.2) is 60.2 Å². The lowest BCUT2D eigenvalue weighted by molar-refractivity contribution is -0.125. The summed E-state index contributed by atoms with van der Waals surface area (Å²) in [7, 11) is 0. The molecule has 0 spiro atoms. The van der Waals surface area contributed by atoms with E-state index in [4.69, 9.17) is 16.3 Å². The summed E-state index contributed by atoms with van der Waals surface area (Å²) in [4.78, 5) is 26.0. The van der Waals surface area contributed by atoms with Crippen molar-refractivity contribution >= 4 is 29.7 Å². The summed E-state index contributed by atoms with van der Waals surface area (Å²) in [5.74, 6) is -0.360. The Kier molecular flexibility index (Phi) is 4.67. The van der Waals surface area contributed by atoms with Crippen molar-refractivity contribution in [2.75, 3.05) is 6.61 Å². The van der Waals surface area contributed by atoms with E-state index < -0.39 is 12.1 Å². The van der Waals surface area contributed by atoms with Crippen molar-refractivity contribution in [3.8, 4) is 0 Å². The van der Waals surface area contributed by atoms with Crippen LogP contribution in [0.25, 0.3) is 6.08 Å². The molecule has 0 aliphatic carbocycles. The van der Waals surface area contributed by atoms with Crippen molar-refractivity contribution in [2.45, 2.75) is 13.0 Å². The number of imide groups is 1. The molecule has 0 saturated carbocycles. The van der Waals surface area contributed by atoms with E-state index in [-0.39, 0.29) is 12.5 Å². The van der Waals surface area contributed by atoms with Gasteiger partial charge >= 0.3 is 6.09 Å². The molecule has 24 heavy (non-hydrogen) atoms. The Hall–Kier alpha value is -2.59. The molecule has 1 fully saturated rings. The Bertz CT molecular complexity index is 784. The molecule has 2 aromatic rings. The van der Waals surface area contributed by atoms with E-state index in [9.17, 15) is 9.59 Å². The predicted octanol–water partition coefficient (Wildman–Crippen LogP) is 4.46. The molecule has 1 aliphatic rings. The minimum absolute atomic E-state index is 0.169. The molecule has 0 aromatic heterocycles. The zero-order valence-corrected chi connectivity index (χ0v) is 13.9. The second-order valence-electron chi connectivity index (χ2n) is 5.56. The van der Waals surface area contributed by atoms with Crippen LogP contribution in [0.1, 0.15) is 24.1 Å². The minimum atomic E-state index is -0.613. The van der Waals surface area contributed by atoms with Crippen LogP contribution < -0.4 is 0 Å². The molecule has 0 bridgehead atoms. The van der Waals surface area contributed by atoms with Crippen LogP contribution in [0.5, 0.6) is 0 Å². The van der Waals surface area contributed by atoms with Gasteiger partial charge in [-0.15, -0.1) is 0 Å². The van der Waals surface area contributed by atoms with E-state index in [1.807, 2.05) is 42.5 Å². The van der Waals surface area contributed by atoms with Gasteiger partial charge in [0, 0.05) is 10.6 Å². The Morgan fingerprint density at radius 3 is 2.50 bits per heavy atom. The maximum Gasteiger partial charge on any atom is 0.417 e.